The molecule has 0 aliphatic carbocycles. The Morgan fingerprint density at radius 1 is 1.00 bits per heavy atom. The summed E-state index contributed by atoms with van der Waals surface area (Å²) in [5.41, 5.74) is 1.22. The maximum atomic E-state index is 5.50. The topological polar surface area (TPSA) is 42.5 Å². The van der Waals surface area contributed by atoms with Crippen LogP contribution >= 0.6 is 0 Å². The normalized spacial score (nSPS) is 12.5. The maximum Gasteiger partial charge on any atom is 0.0945 e. The predicted octanol–water partition coefficient (Wildman–Crippen LogP) is 1.59. The van der Waals surface area contributed by atoms with E-state index in [1.54, 1.807) is 14.2 Å². The van der Waals surface area contributed by atoms with Crippen molar-refractivity contribution in [1.82, 2.24) is 10.6 Å². The molecule has 4 heteroatoms. The highest BCUT2D eigenvalue weighted by molar-refractivity contribution is 5.17. The van der Waals surface area contributed by atoms with Crippen LogP contribution in [0.1, 0.15) is 18.1 Å². The molecule has 108 valence electrons. The zero-order chi connectivity index (χ0) is 13.8. The molecule has 0 spiro atoms. The summed E-state index contributed by atoms with van der Waals surface area (Å²) < 4.78 is 10.5. The predicted molar refractivity (Wildman–Crippen MR) is 78.4 cm³/mol. The molecular weight excluding hydrogens is 240 g/mol. The van der Waals surface area contributed by atoms with Crippen LogP contribution in [0.25, 0.3) is 0 Å². The molecule has 0 heterocycles. The Labute approximate surface area is 116 Å². The number of benzene rings is 1. The first kappa shape index (κ1) is 16.1. The van der Waals surface area contributed by atoms with Gasteiger partial charge in [0.1, 0.15) is 0 Å². The van der Waals surface area contributed by atoms with Crippen LogP contribution in [0.4, 0.5) is 0 Å². The van der Waals surface area contributed by atoms with Crippen LogP contribution in [-0.4, -0.2) is 47.0 Å². The number of ether oxygens (including phenoxy) is 2. The van der Waals surface area contributed by atoms with Gasteiger partial charge in [-0.2, -0.15) is 0 Å². The number of hydrogen-bond donors (Lipinski definition) is 2. The van der Waals surface area contributed by atoms with Crippen LogP contribution in [0.15, 0.2) is 30.3 Å². The zero-order valence-corrected chi connectivity index (χ0v) is 12.0. The molecule has 19 heavy (non-hydrogen) atoms. The van der Waals surface area contributed by atoms with E-state index in [1.165, 1.54) is 5.56 Å². The van der Waals surface area contributed by atoms with Crippen LogP contribution in [0.2, 0.25) is 0 Å². The molecule has 0 saturated heterocycles. The molecule has 0 fully saturated rings. The third-order valence-electron chi connectivity index (χ3n) is 2.98. The summed E-state index contributed by atoms with van der Waals surface area (Å²) in [6.07, 6.45) is 1.23. The lowest BCUT2D eigenvalue weighted by atomic mass is 10.1. The fraction of sp³-hybridized carbons (Fsp3) is 0.600. The van der Waals surface area contributed by atoms with Crippen molar-refractivity contribution >= 4 is 0 Å². The van der Waals surface area contributed by atoms with E-state index in [9.17, 15) is 0 Å². The summed E-state index contributed by atoms with van der Waals surface area (Å²) in [6, 6.07) is 10.3. The molecule has 0 amide bonds. The summed E-state index contributed by atoms with van der Waals surface area (Å²) in [5, 5.41) is 6.75. The van der Waals surface area contributed by atoms with Crippen molar-refractivity contribution < 1.29 is 9.47 Å². The lowest BCUT2D eigenvalue weighted by Crippen LogP contribution is -2.27. The summed E-state index contributed by atoms with van der Waals surface area (Å²) in [4.78, 5) is 0. The van der Waals surface area contributed by atoms with E-state index in [0.29, 0.717) is 0 Å². The number of methoxy groups -OCH3 is 2. The first-order valence-electron chi connectivity index (χ1n) is 6.86. The minimum Gasteiger partial charge on any atom is -0.383 e. The molecule has 0 aliphatic rings. The van der Waals surface area contributed by atoms with Gasteiger partial charge in [0.15, 0.2) is 0 Å². The monoisotopic (exact) mass is 266 g/mol. The zero-order valence-electron chi connectivity index (χ0n) is 12.0. The van der Waals surface area contributed by atoms with E-state index in [0.717, 1.165) is 39.2 Å². The Morgan fingerprint density at radius 3 is 2.42 bits per heavy atom. The second kappa shape index (κ2) is 10.9. The van der Waals surface area contributed by atoms with Gasteiger partial charge in [-0.05, 0) is 25.1 Å². The van der Waals surface area contributed by atoms with E-state index in [1.807, 2.05) is 18.2 Å². The molecule has 4 nitrogen and oxygen atoms in total. The Balaban J connectivity index is 2.07. The SMILES string of the molecule is COCCNCCCNCC(OC)c1ccccc1. The molecule has 1 aromatic rings. The third-order valence-corrected chi connectivity index (χ3v) is 2.98. The lowest BCUT2D eigenvalue weighted by Gasteiger charge is -2.16. The summed E-state index contributed by atoms with van der Waals surface area (Å²) >= 11 is 0. The van der Waals surface area contributed by atoms with E-state index in [-0.39, 0.29) is 6.10 Å². The Morgan fingerprint density at radius 2 is 1.74 bits per heavy atom. The second-order valence-corrected chi connectivity index (χ2v) is 4.44. The van der Waals surface area contributed by atoms with Gasteiger partial charge in [-0.25, -0.2) is 0 Å². The van der Waals surface area contributed by atoms with Crippen molar-refractivity contribution in [3.05, 3.63) is 35.9 Å². The van der Waals surface area contributed by atoms with E-state index in [4.69, 9.17) is 9.47 Å². The van der Waals surface area contributed by atoms with Gasteiger partial charge in [0.25, 0.3) is 0 Å². The van der Waals surface area contributed by atoms with Gasteiger partial charge < -0.3 is 20.1 Å². The van der Waals surface area contributed by atoms with Crippen LogP contribution in [-0.2, 0) is 9.47 Å². The minimum absolute atomic E-state index is 0.127. The summed E-state index contributed by atoms with van der Waals surface area (Å²) in [5.74, 6) is 0. The van der Waals surface area contributed by atoms with Crippen LogP contribution < -0.4 is 10.6 Å². The molecule has 1 unspecified atom stereocenters. The van der Waals surface area contributed by atoms with Crippen molar-refractivity contribution in [2.75, 3.05) is 47.0 Å². The van der Waals surface area contributed by atoms with Gasteiger partial charge in [-0.3, -0.25) is 0 Å². The summed E-state index contributed by atoms with van der Waals surface area (Å²) in [6.45, 7) is 4.54. The Hall–Kier alpha value is -0.940. The van der Waals surface area contributed by atoms with Gasteiger partial charge >= 0.3 is 0 Å². The largest absolute Gasteiger partial charge is 0.383 e. The smallest absolute Gasteiger partial charge is 0.0945 e. The van der Waals surface area contributed by atoms with Crippen molar-refractivity contribution in [3.8, 4) is 0 Å². The molecule has 2 N–H and O–H groups in total. The van der Waals surface area contributed by atoms with E-state index in [2.05, 4.69) is 22.8 Å². The van der Waals surface area contributed by atoms with Gasteiger partial charge in [-0.15, -0.1) is 0 Å². The molecule has 0 aliphatic heterocycles. The highest BCUT2D eigenvalue weighted by Crippen LogP contribution is 2.14. The van der Waals surface area contributed by atoms with E-state index >= 15 is 0 Å². The van der Waals surface area contributed by atoms with Gasteiger partial charge in [-0.1, -0.05) is 30.3 Å². The van der Waals surface area contributed by atoms with Crippen LogP contribution in [0.5, 0.6) is 0 Å². The van der Waals surface area contributed by atoms with E-state index < -0.39 is 0 Å². The quantitative estimate of drug-likeness (QED) is 0.597. The molecule has 0 saturated carbocycles. The molecule has 0 aromatic heterocycles. The van der Waals surface area contributed by atoms with Crippen molar-refractivity contribution in [2.24, 2.45) is 0 Å². The highest BCUT2D eigenvalue weighted by Gasteiger charge is 2.08. The second-order valence-electron chi connectivity index (χ2n) is 4.44. The first-order valence-corrected chi connectivity index (χ1v) is 6.86. The number of nitrogens with one attached hydrogen (secondary N) is 2. The van der Waals surface area contributed by atoms with Crippen LogP contribution in [0, 0.1) is 0 Å². The van der Waals surface area contributed by atoms with Crippen LogP contribution in [0.3, 0.4) is 0 Å². The fourth-order valence-electron chi connectivity index (χ4n) is 1.88. The number of rotatable bonds is 11. The standard InChI is InChI=1S/C15H26N2O2/c1-18-12-11-16-9-6-10-17-13-15(19-2)14-7-4-3-5-8-14/h3-5,7-8,15-17H,6,9-13H2,1-2H3. The fourth-order valence-corrected chi connectivity index (χ4v) is 1.88. The first-order chi connectivity index (χ1) is 9.38. The van der Waals surface area contributed by atoms with Gasteiger partial charge in [0.05, 0.1) is 12.7 Å². The summed E-state index contributed by atoms with van der Waals surface area (Å²) in [7, 11) is 3.48. The highest BCUT2D eigenvalue weighted by atomic mass is 16.5. The third kappa shape index (κ3) is 7.28. The lowest BCUT2D eigenvalue weighted by molar-refractivity contribution is 0.102. The maximum absolute atomic E-state index is 5.50. The molecule has 0 radical (unpaired) electrons. The molecule has 0 bridgehead atoms. The number of hydrogen-bond acceptors (Lipinski definition) is 4. The van der Waals surface area contributed by atoms with Gasteiger partial charge in [0, 0.05) is 27.3 Å². The Kier molecular flexibility index (Phi) is 9.27. The van der Waals surface area contributed by atoms with Crippen molar-refractivity contribution in [2.45, 2.75) is 12.5 Å². The van der Waals surface area contributed by atoms with Crippen molar-refractivity contribution in [3.63, 3.8) is 0 Å². The molecule has 1 atom stereocenters. The molecule has 1 aromatic carbocycles. The average Bonchev–Trinajstić information content (AvgIpc) is 2.47. The molecule has 1 rings (SSSR count). The minimum atomic E-state index is 0.127. The van der Waals surface area contributed by atoms with Crippen molar-refractivity contribution in [1.29, 1.82) is 0 Å². The average molecular weight is 266 g/mol. The van der Waals surface area contributed by atoms with Gasteiger partial charge in [0.2, 0.25) is 0 Å². The molecular formula is C15H26N2O2. The Bertz CT molecular complexity index is 306.